The zero-order chi connectivity index (χ0) is 9.72. The lowest BCUT2D eigenvalue weighted by molar-refractivity contribution is -0.120. The minimum atomic E-state index is -1.22. The molecule has 4 N–H and O–H groups in total. The third-order valence-corrected chi connectivity index (χ3v) is 1.35. The SMILES string of the molecule is CC(C)C[C@H](NC(=O)O)C(N)=O. The summed E-state index contributed by atoms with van der Waals surface area (Å²) >= 11 is 0. The first kappa shape index (κ1) is 10.7. The summed E-state index contributed by atoms with van der Waals surface area (Å²) in [6.07, 6.45) is -0.791. The van der Waals surface area contributed by atoms with E-state index >= 15 is 0 Å². The van der Waals surface area contributed by atoms with Crippen molar-refractivity contribution in [1.82, 2.24) is 5.32 Å². The Balaban J connectivity index is 4.04. The lowest BCUT2D eigenvalue weighted by Gasteiger charge is -2.14. The Bertz CT molecular complexity index is 179. The summed E-state index contributed by atoms with van der Waals surface area (Å²) in [6, 6.07) is -0.775. The largest absolute Gasteiger partial charge is 0.465 e. The molecule has 5 heteroatoms. The molecular weight excluding hydrogens is 160 g/mol. The van der Waals surface area contributed by atoms with Crippen molar-refractivity contribution in [1.29, 1.82) is 0 Å². The van der Waals surface area contributed by atoms with Crippen LogP contribution in [0.5, 0.6) is 0 Å². The van der Waals surface area contributed by atoms with Crippen molar-refractivity contribution >= 4 is 12.0 Å². The van der Waals surface area contributed by atoms with E-state index in [4.69, 9.17) is 10.8 Å². The number of carbonyl (C=O) groups is 2. The lowest BCUT2D eigenvalue weighted by atomic mass is 10.0. The van der Waals surface area contributed by atoms with Crippen molar-refractivity contribution in [3.63, 3.8) is 0 Å². The second kappa shape index (κ2) is 4.58. The van der Waals surface area contributed by atoms with Gasteiger partial charge in [-0.1, -0.05) is 13.8 Å². The van der Waals surface area contributed by atoms with E-state index in [1.54, 1.807) is 0 Å². The summed E-state index contributed by atoms with van der Waals surface area (Å²) in [5.41, 5.74) is 4.97. The van der Waals surface area contributed by atoms with Crippen LogP contribution in [0.2, 0.25) is 0 Å². The Hall–Kier alpha value is -1.26. The number of primary amides is 1. The van der Waals surface area contributed by atoms with Crippen LogP contribution in [0, 0.1) is 5.92 Å². The van der Waals surface area contributed by atoms with E-state index in [-0.39, 0.29) is 5.92 Å². The van der Waals surface area contributed by atoms with E-state index in [0.717, 1.165) is 0 Å². The molecule has 0 unspecified atom stereocenters. The topological polar surface area (TPSA) is 92.4 Å². The van der Waals surface area contributed by atoms with Gasteiger partial charge in [0.1, 0.15) is 6.04 Å². The number of hydrogen-bond donors (Lipinski definition) is 3. The maximum atomic E-state index is 10.7. The average Bonchev–Trinajstić information content (AvgIpc) is 1.83. The zero-order valence-electron chi connectivity index (χ0n) is 7.20. The van der Waals surface area contributed by atoms with Crippen molar-refractivity contribution in [2.75, 3.05) is 0 Å². The monoisotopic (exact) mass is 174 g/mol. The highest BCUT2D eigenvalue weighted by Gasteiger charge is 2.18. The fourth-order valence-corrected chi connectivity index (χ4v) is 0.867. The van der Waals surface area contributed by atoms with Crippen LogP contribution in [0.1, 0.15) is 20.3 Å². The molecule has 0 bridgehead atoms. The third kappa shape index (κ3) is 4.54. The van der Waals surface area contributed by atoms with Gasteiger partial charge in [0.05, 0.1) is 0 Å². The summed E-state index contributed by atoms with van der Waals surface area (Å²) in [7, 11) is 0. The van der Waals surface area contributed by atoms with Gasteiger partial charge in [0, 0.05) is 0 Å². The van der Waals surface area contributed by atoms with Crippen LogP contribution in [-0.4, -0.2) is 23.1 Å². The first-order valence-corrected chi connectivity index (χ1v) is 3.72. The standard InChI is InChI=1S/C7H14N2O3/c1-4(2)3-5(6(8)10)9-7(11)12/h4-5,9H,3H2,1-2H3,(H2,8,10)(H,11,12)/t5-/m0/s1. The molecule has 0 saturated carbocycles. The van der Waals surface area contributed by atoms with Crippen LogP contribution >= 0.6 is 0 Å². The number of rotatable bonds is 4. The van der Waals surface area contributed by atoms with Crippen molar-refractivity contribution in [3.05, 3.63) is 0 Å². The number of amides is 2. The smallest absolute Gasteiger partial charge is 0.405 e. The Morgan fingerprint density at radius 3 is 2.25 bits per heavy atom. The molecule has 0 rings (SSSR count). The van der Waals surface area contributed by atoms with Gasteiger partial charge in [0.15, 0.2) is 0 Å². The quantitative estimate of drug-likeness (QED) is 0.566. The predicted octanol–water partition coefficient (Wildman–Crippen LogP) is 0.154. The molecule has 5 nitrogen and oxygen atoms in total. The Morgan fingerprint density at radius 1 is 1.50 bits per heavy atom. The number of hydrogen-bond acceptors (Lipinski definition) is 2. The first-order valence-electron chi connectivity index (χ1n) is 3.72. The van der Waals surface area contributed by atoms with Crippen LogP contribution < -0.4 is 11.1 Å². The van der Waals surface area contributed by atoms with Gasteiger partial charge in [0.2, 0.25) is 5.91 Å². The van der Waals surface area contributed by atoms with Crippen molar-refractivity contribution < 1.29 is 14.7 Å². The lowest BCUT2D eigenvalue weighted by Crippen LogP contribution is -2.44. The van der Waals surface area contributed by atoms with Crippen LogP contribution in [-0.2, 0) is 4.79 Å². The predicted molar refractivity (Wildman–Crippen MR) is 43.6 cm³/mol. The zero-order valence-corrected chi connectivity index (χ0v) is 7.20. The minimum Gasteiger partial charge on any atom is -0.465 e. The van der Waals surface area contributed by atoms with Crippen molar-refractivity contribution in [2.45, 2.75) is 26.3 Å². The summed E-state index contributed by atoms with van der Waals surface area (Å²) in [6.45, 7) is 3.78. The van der Waals surface area contributed by atoms with E-state index in [0.29, 0.717) is 6.42 Å². The second-order valence-electron chi connectivity index (χ2n) is 3.03. The molecule has 0 aliphatic heterocycles. The maximum absolute atomic E-state index is 10.7. The summed E-state index contributed by atoms with van der Waals surface area (Å²) in [5.74, 6) is -0.402. The molecule has 70 valence electrons. The van der Waals surface area contributed by atoms with Gasteiger partial charge in [-0.3, -0.25) is 4.79 Å². The van der Waals surface area contributed by atoms with Crippen LogP contribution in [0.15, 0.2) is 0 Å². The number of carboxylic acid groups (broad SMARTS) is 1. The molecule has 0 saturated heterocycles. The molecule has 12 heavy (non-hydrogen) atoms. The second-order valence-corrected chi connectivity index (χ2v) is 3.03. The molecule has 0 radical (unpaired) electrons. The van der Waals surface area contributed by atoms with Gasteiger partial charge in [-0.2, -0.15) is 0 Å². The molecule has 0 spiro atoms. The summed E-state index contributed by atoms with van der Waals surface area (Å²) in [5, 5.41) is 10.4. The maximum Gasteiger partial charge on any atom is 0.405 e. The Labute approximate surface area is 70.9 Å². The van der Waals surface area contributed by atoms with Gasteiger partial charge in [-0.05, 0) is 12.3 Å². The van der Waals surface area contributed by atoms with E-state index in [1.807, 2.05) is 13.8 Å². The molecule has 0 fully saturated rings. The number of nitrogens with two attached hydrogens (primary N) is 1. The molecule has 0 aromatic rings. The van der Waals surface area contributed by atoms with Gasteiger partial charge in [-0.25, -0.2) is 4.79 Å². The van der Waals surface area contributed by atoms with Crippen molar-refractivity contribution in [2.24, 2.45) is 11.7 Å². The molecule has 1 atom stereocenters. The normalized spacial score (nSPS) is 12.6. The highest BCUT2D eigenvalue weighted by molar-refractivity contribution is 5.83. The Kier molecular flexibility index (Phi) is 4.10. The van der Waals surface area contributed by atoms with Gasteiger partial charge in [-0.15, -0.1) is 0 Å². The average molecular weight is 174 g/mol. The molecule has 0 aromatic carbocycles. The van der Waals surface area contributed by atoms with Crippen molar-refractivity contribution in [3.8, 4) is 0 Å². The summed E-state index contributed by atoms with van der Waals surface area (Å²) in [4.78, 5) is 20.8. The first-order chi connectivity index (χ1) is 5.43. The highest BCUT2D eigenvalue weighted by atomic mass is 16.4. The molecular formula is C7H14N2O3. The molecule has 0 aliphatic carbocycles. The minimum absolute atomic E-state index is 0.231. The number of carbonyl (C=O) groups excluding carboxylic acids is 1. The fraction of sp³-hybridized carbons (Fsp3) is 0.714. The highest BCUT2D eigenvalue weighted by Crippen LogP contribution is 2.03. The molecule has 0 aromatic heterocycles. The summed E-state index contributed by atoms with van der Waals surface area (Å²) < 4.78 is 0. The van der Waals surface area contributed by atoms with E-state index in [9.17, 15) is 9.59 Å². The van der Waals surface area contributed by atoms with E-state index in [1.165, 1.54) is 0 Å². The van der Waals surface area contributed by atoms with Gasteiger partial charge in [0.25, 0.3) is 0 Å². The van der Waals surface area contributed by atoms with Gasteiger partial charge >= 0.3 is 6.09 Å². The Morgan fingerprint density at radius 2 is 2.00 bits per heavy atom. The van der Waals surface area contributed by atoms with Crippen LogP contribution in [0.25, 0.3) is 0 Å². The van der Waals surface area contributed by atoms with Crippen LogP contribution in [0.4, 0.5) is 4.79 Å². The molecule has 0 heterocycles. The van der Waals surface area contributed by atoms with E-state index < -0.39 is 18.0 Å². The van der Waals surface area contributed by atoms with E-state index in [2.05, 4.69) is 5.32 Å². The molecule has 0 aliphatic rings. The van der Waals surface area contributed by atoms with Crippen LogP contribution in [0.3, 0.4) is 0 Å². The van der Waals surface area contributed by atoms with Gasteiger partial charge < -0.3 is 16.2 Å². The third-order valence-electron chi connectivity index (χ3n) is 1.35. The molecule has 2 amide bonds. The number of nitrogens with one attached hydrogen (secondary N) is 1. The fourth-order valence-electron chi connectivity index (χ4n) is 0.867.